The average molecular weight is 655 g/mol. The number of aliphatic hydroxyl groups excluding tert-OH is 2. The Morgan fingerprint density at radius 1 is 0.625 bits per heavy atom. The van der Waals surface area contributed by atoms with E-state index in [4.69, 9.17) is 19.7 Å². The fourth-order valence-corrected chi connectivity index (χ4v) is 3.94. The van der Waals surface area contributed by atoms with Gasteiger partial charge in [-0.3, -0.25) is 10.1 Å². The maximum absolute atomic E-state index is 11.6. The zero-order valence-electron chi connectivity index (χ0n) is 26.7. The van der Waals surface area contributed by atoms with Crippen LogP contribution in [0.5, 0.6) is 0 Å². The predicted molar refractivity (Wildman–Crippen MR) is 182 cm³/mol. The third-order valence-corrected chi connectivity index (χ3v) is 6.13. The minimum atomic E-state index is -0.502. The Bertz CT molecular complexity index is 1570. The number of isocyanates is 2. The first-order valence-electron chi connectivity index (χ1n) is 14.7. The summed E-state index contributed by atoms with van der Waals surface area (Å²) in [6.45, 7) is 1.82. The lowest BCUT2D eigenvalue weighted by atomic mass is 10.0. The molecule has 4 N–H and O–H groups in total. The van der Waals surface area contributed by atoms with Crippen molar-refractivity contribution in [2.24, 2.45) is 9.98 Å². The van der Waals surface area contributed by atoms with Crippen LogP contribution in [-0.4, -0.2) is 67.9 Å². The Balaban J connectivity index is 0.000000308. The van der Waals surface area contributed by atoms with Crippen molar-refractivity contribution in [3.8, 4) is 0 Å². The van der Waals surface area contributed by atoms with Crippen molar-refractivity contribution in [3.05, 3.63) is 119 Å². The van der Waals surface area contributed by atoms with Gasteiger partial charge in [-0.1, -0.05) is 48.5 Å². The number of carbonyl (C=O) groups excluding carboxylic acids is 4. The second-order valence-corrected chi connectivity index (χ2v) is 9.87. The molecule has 0 aliphatic heterocycles. The number of amides is 2. The molecule has 4 rings (SSSR count). The monoisotopic (exact) mass is 654 g/mol. The molecule has 0 unspecified atom stereocenters. The molecule has 2 amide bonds. The van der Waals surface area contributed by atoms with Crippen LogP contribution >= 0.6 is 0 Å². The third-order valence-electron chi connectivity index (χ3n) is 6.13. The van der Waals surface area contributed by atoms with Crippen molar-refractivity contribution in [2.75, 3.05) is 44.2 Å². The molecule has 48 heavy (non-hydrogen) atoms. The molecular formula is C36H38N4O8. The minimum absolute atomic E-state index is 0.0865. The number of aliphatic imine (C=N–C) groups is 2. The lowest BCUT2D eigenvalue weighted by Crippen LogP contribution is -2.16. The van der Waals surface area contributed by atoms with Crippen LogP contribution in [0.4, 0.5) is 27.5 Å². The van der Waals surface area contributed by atoms with Crippen LogP contribution in [0.1, 0.15) is 29.2 Å². The molecule has 0 bridgehead atoms. The van der Waals surface area contributed by atoms with Gasteiger partial charge in [0.15, 0.2) is 0 Å². The van der Waals surface area contributed by atoms with Crippen molar-refractivity contribution in [1.29, 1.82) is 0 Å². The summed E-state index contributed by atoms with van der Waals surface area (Å²) in [7, 11) is 1.55. The summed E-state index contributed by atoms with van der Waals surface area (Å²) < 4.78 is 9.76. The lowest BCUT2D eigenvalue weighted by molar-refractivity contribution is -0.114. The summed E-state index contributed by atoms with van der Waals surface area (Å²) in [6.07, 6.45) is 4.03. The van der Waals surface area contributed by atoms with Gasteiger partial charge >= 0.3 is 6.09 Å². The SMILES string of the molecule is COCCOC(=O)Nc1ccc(Cc2ccc(NC(C)=O)cc2)cc1.O=C=Nc1ccc(Cc2ccc(N=C=O)cc2)cc1.OCCO. The normalized spacial score (nSPS) is 9.58. The maximum atomic E-state index is 11.6. The number of benzene rings is 4. The van der Waals surface area contributed by atoms with Gasteiger partial charge in [-0.2, -0.15) is 9.98 Å². The van der Waals surface area contributed by atoms with Gasteiger partial charge in [-0.15, -0.1) is 0 Å². The number of aliphatic hydroxyl groups is 2. The van der Waals surface area contributed by atoms with Gasteiger partial charge in [0.05, 0.1) is 31.2 Å². The Morgan fingerprint density at radius 3 is 1.33 bits per heavy atom. The molecule has 0 radical (unpaired) electrons. The molecule has 12 nitrogen and oxygen atoms in total. The molecule has 0 aromatic heterocycles. The average Bonchev–Trinajstić information content (AvgIpc) is 3.09. The Labute approximate surface area is 278 Å². The van der Waals surface area contributed by atoms with E-state index in [2.05, 4.69) is 20.6 Å². The number of methoxy groups -OCH3 is 1. The molecule has 0 aliphatic carbocycles. The zero-order valence-corrected chi connectivity index (χ0v) is 26.7. The van der Waals surface area contributed by atoms with E-state index in [1.54, 1.807) is 31.4 Å². The minimum Gasteiger partial charge on any atom is -0.447 e. The van der Waals surface area contributed by atoms with Crippen molar-refractivity contribution in [2.45, 2.75) is 19.8 Å². The summed E-state index contributed by atoms with van der Waals surface area (Å²) in [5.74, 6) is -0.0865. The van der Waals surface area contributed by atoms with Gasteiger partial charge in [0.1, 0.15) is 6.61 Å². The van der Waals surface area contributed by atoms with Crippen LogP contribution in [-0.2, 0) is 36.7 Å². The van der Waals surface area contributed by atoms with E-state index in [1.807, 2.05) is 72.8 Å². The fourth-order valence-electron chi connectivity index (χ4n) is 3.94. The molecule has 4 aromatic rings. The topological polar surface area (TPSA) is 176 Å². The Hall–Kier alpha value is -5.74. The van der Waals surface area contributed by atoms with E-state index in [0.29, 0.717) is 23.7 Å². The van der Waals surface area contributed by atoms with Crippen LogP contribution in [0.25, 0.3) is 0 Å². The number of nitrogens with one attached hydrogen (secondary N) is 2. The summed E-state index contributed by atoms with van der Waals surface area (Å²) in [4.78, 5) is 49.8. The van der Waals surface area contributed by atoms with Crippen LogP contribution in [0.3, 0.4) is 0 Å². The molecule has 0 atom stereocenters. The molecule has 0 saturated heterocycles. The largest absolute Gasteiger partial charge is 0.447 e. The van der Waals surface area contributed by atoms with Gasteiger partial charge in [0.2, 0.25) is 18.1 Å². The van der Waals surface area contributed by atoms with E-state index in [1.165, 1.54) is 19.1 Å². The molecule has 4 aromatic carbocycles. The van der Waals surface area contributed by atoms with Crippen LogP contribution in [0, 0.1) is 0 Å². The molecule has 0 aliphatic rings. The second-order valence-electron chi connectivity index (χ2n) is 9.87. The maximum Gasteiger partial charge on any atom is 0.411 e. The number of anilines is 2. The van der Waals surface area contributed by atoms with Crippen LogP contribution in [0.15, 0.2) is 107 Å². The smallest absolute Gasteiger partial charge is 0.411 e. The molecular weight excluding hydrogens is 616 g/mol. The molecule has 250 valence electrons. The summed E-state index contributed by atoms with van der Waals surface area (Å²) >= 11 is 0. The van der Waals surface area contributed by atoms with Crippen molar-refractivity contribution in [3.63, 3.8) is 0 Å². The Kier molecular flexibility index (Phi) is 18.2. The first-order valence-corrected chi connectivity index (χ1v) is 14.7. The highest BCUT2D eigenvalue weighted by atomic mass is 16.6. The fraction of sp³-hybridized carbons (Fsp3) is 0.222. The first-order chi connectivity index (χ1) is 23.3. The highest BCUT2D eigenvalue weighted by molar-refractivity contribution is 5.88. The molecule has 12 heteroatoms. The second kappa shape index (κ2) is 22.7. The number of rotatable bonds is 12. The van der Waals surface area contributed by atoms with Gasteiger partial charge in [-0.05, 0) is 83.6 Å². The zero-order chi connectivity index (χ0) is 35.0. The summed E-state index contributed by atoms with van der Waals surface area (Å²) in [6, 6.07) is 30.0. The van der Waals surface area contributed by atoms with E-state index < -0.39 is 6.09 Å². The van der Waals surface area contributed by atoms with Crippen LogP contribution in [0.2, 0.25) is 0 Å². The number of nitrogens with zero attached hydrogens (tertiary/aromatic N) is 2. The quantitative estimate of drug-likeness (QED) is 0.0865. The highest BCUT2D eigenvalue weighted by Gasteiger charge is 2.04. The van der Waals surface area contributed by atoms with Gasteiger partial charge in [0.25, 0.3) is 0 Å². The first kappa shape index (κ1) is 38.4. The van der Waals surface area contributed by atoms with Gasteiger partial charge in [0, 0.05) is 25.4 Å². The molecule has 0 saturated carbocycles. The summed E-state index contributed by atoms with van der Waals surface area (Å²) in [5.41, 5.74) is 7.10. The van der Waals surface area contributed by atoms with Crippen molar-refractivity contribution in [1.82, 2.24) is 0 Å². The standard InChI is InChI=1S/C19H22N2O4.C15H10N2O2.C2H6O2/c1-14(22)20-17-7-3-15(4-8-17)13-16-5-9-18(10-6-16)21-19(23)25-12-11-24-2;18-10-16-14-5-1-12(2-6-14)9-13-3-7-15(8-4-13)17-11-19;3-1-2-4/h3-10H,11-13H2,1-2H3,(H,20,22)(H,21,23);1-8H,9H2;3-4H,1-2H2. The number of carbonyl (C=O) groups is 2. The number of ether oxygens (including phenoxy) is 2. The van der Waals surface area contributed by atoms with Crippen LogP contribution < -0.4 is 10.6 Å². The number of hydrogen-bond donors (Lipinski definition) is 4. The molecule has 0 heterocycles. The molecule has 0 fully saturated rings. The van der Waals surface area contributed by atoms with E-state index in [0.717, 1.165) is 40.8 Å². The van der Waals surface area contributed by atoms with E-state index >= 15 is 0 Å². The highest BCUT2D eigenvalue weighted by Crippen LogP contribution is 2.18. The van der Waals surface area contributed by atoms with Gasteiger partial charge < -0.3 is 25.0 Å². The third kappa shape index (κ3) is 16.0. The Morgan fingerprint density at radius 2 is 1.00 bits per heavy atom. The lowest BCUT2D eigenvalue weighted by Gasteiger charge is -2.08. The van der Waals surface area contributed by atoms with Gasteiger partial charge in [-0.25, -0.2) is 14.4 Å². The van der Waals surface area contributed by atoms with Crippen molar-refractivity contribution >= 4 is 46.9 Å². The summed E-state index contributed by atoms with van der Waals surface area (Å²) in [5, 5.41) is 20.7. The van der Waals surface area contributed by atoms with E-state index in [-0.39, 0.29) is 25.7 Å². The van der Waals surface area contributed by atoms with E-state index in [9.17, 15) is 19.2 Å². The number of hydrogen-bond acceptors (Lipinski definition) is 10. The molecule has 0 spiro atoms. The van der Waals surface area contributed by atoms with Crippen molar-refractivity contribution < 1.29 is 38.9 Å². The predicted octanol–water partition coefficient (Wildman–Crippen LogP) is 5.61.